The van der Waals surface area contributed by atoms with Crippen LogP contribution in [0.4, 0.5) is 10.2 Å². The first-order valence-electron chi connectivity index (χ1n) is 5.16. The first-order valence-corrected chi connectivity index (χ1v) is 5.16. The molecule has 0 aliphatic heterocycles. The molecule has 2 N–H and O–H groups in total. The Morgan fingerprint density at radius 2 is 2.33 bits per heavy atom. The van der Waals surface area contributed by atoms with Crippen molar-refractivity contribution in [1.82, 2.24) is 14.8 Å². The predicted molar refractivity (Wildman–Crippen MR) is 61.7 cm³/mol. The van der Waals surface area contributed by atoms with E-state index in [-0.39, 0.29) is 11.4 Å². The van der Waals surface area contributed by atoms with E-state index < -0.39 is 11.8 Å². The Morgan fingerprint density at radius 3 is 2.94 bits per heavy atom. The van der Waals surface area contributed by atoms with Crippen molar-refractivity contribution in [3.8, 4) is 0 Å². The summed E-state index contributed by atoms with van der Waals surface area (Å²) in [4.78, 5) is 14.7. The summed E-state index contributed by atoms with van der Waals surface area (Å²) in [7, 11) is 1.78. The lowest BCUT2D eigenvalue weighted by Gasteiger charge is -2.07. The molecule has 0 saturated heterocycles. The van der Waals surface area contributed by atoms with Gasteiger partial charge in [0.2, 0.25) is 0 Å². The number of carboxylic acid groups (broad SMARTS) is 1. The Labute approximate surface area is 102 Å². The minimum Gasteiger partial charge on any atom is -0.478 e. The molecule has 0 aromatic carbocycles. The minimum absolute atomic E-state index is 0.132. The van der Waals surface area contributed by atoms with Crippen LogP contribution in [0.3, 0.4) is 0 Å². The summed E-state index contributed by atoms with van der Waals surface area (Å²) in [5, 5.41) is 15.7. The van der Waals surface area contributed by atoms with Gasteiger partial charge in [0.05, 0.1) is 12.4 Å². The van der Waals surface area contributed by atoms with Crippen molar-refractivity contribution < 1.29 is 14.3 Å². The Balaban J connectivity index is 2.16. The fourth-order valence-electron chi connectivity index (χ4n) is 1.49. The number of rotatable bonds is 4. The Bertz CT molecular complexity index is 582. The van der Waals surface area contributed by atoms with Gasteiger partial charge >= 0.3 is 5.97 Å². The molecule has 6 nitrogen and oxygen atoms in total. The first-order chi connectivity index (χ1) is 8.56. The molecular formula is C11H11FN4O2. The van der Waals surface area contributed by atoms with Gasteiger partial charge in [-0.05, 0) is 6.07 Å². The number of aromatic nitrogens is 3. The number of halogens is 1. The van der Waals surface area contributed by atoms with Crippen molar-refractivity contribution >= 4 is 11.8 Å². The van der Waals surface area contributed by atoms with Gasteiger partial charge in [-0.15, -0.1) is 0 Å². The normalized spacial score (nSPS) is 10.3. The van der Waals surface area contributed by atoms with E-state index in [1.54, 1.807) is 24.1 Å². The van der Waals surface area contributed by atoms with Crippen LogP contribution in [-0.2, 0) is 13.6 Å². The van der Waals surface area contributed by atoms with E-state index in [1.165, 1.54) is 0 Å². The zero-order valence-electron chi connectivity index (χ0n) is 9.59. The van der Waals surface area contributed by atoms with Gasteiger partial charge in [0.15, 0.2) is 0 Å². The number of carbonyl (C=O) groups is 1. The van der Waals surface area contributed by atoms with E-state index in [1.807, 2.05) is 0 Å². The van der Waals surface area contributed by atoms with E-state index in [9.17, 15) is 9.18 Å². The highest BCUT2D eigenvalue weighted by atomic mass is 19.1. The van der Waals surface area contributed by atoms with Gasteiger partial charge < -0.3 is 10.4 Å². The monoisotopic (exact) mass is 250 g/mol. The van der Waals surface area contributed by atoms with Crippen molar-refractivity contribution in [2.75, 3.05) is 5.32 Å². The van der Waals surface area contributed by atoms with E-state index >= 15 is 0 Å². The molecule has 0 atom stereocenters. The molecule has 94 valence electrons. The highest BCUT2D eigenvalue weighted by molar-refractivity contribution is 5.93. The van der Waals surface area contributed by atoms with Crippen molar-refractivity contribution in [3.05, 3.63) is 41.6 Å². The second-order valence-corrected chi connectivity index (χ2v) is 3.73. The van der Waals surface area contributed by atoms with Gasteiger partial charge in [0, 0.05) is 25.4 Å². The summed E-state index contributed by atoms with van der Waals surface area (Å²) in [6.45, 7) is 0.368. The predicted octanol–water partition coefficient (Wildman–Crippen LogP) is 1.26. The van der Waals surface area contributed by atoms with Crippen LogP contribution in [-0.4, -0.2) is 25.8 Å². The molecule has 0 unspecified atom stereocenters. The third kappa shape index (κ3) is 2.62. The average molecular weight is 250 g/mol. The maximum atomic E-state index is 12.9. The zero-order valence-corrected chi connectivity index (χ0v) is 9.59. The molecule has 0 radical (unpaired) electrons. The van der Waals surface area contributed by atoms with Gasteiger partial charge in [-0.1, -0.05) is 0 Å². The summed E-state index contributed by atoms with van der Waals surface area (Å²) in [5.41, 5.74) is 0.679. The smallest absolute Gasteiger partial charge is 0.339 e. The molecule has 7 heteroatoms. The van der Waals surface area contributed by atoms with Gasteiger partial charge in [-0.2, -0.15) is 5.10 Å². The molecule has 2 aromatic rings. The molecular weight excluding hydrogens is 239 g/mol. The highest BCUT2D eigenvalue weighted by Crippen LogP contribution is 2.14. The van der Waals surface area contributed by atoms with Gasteiger partial charge in [0.25, 0.3) is 0 Å². The third-order valence-corrected chi connectivity index (χ3v) is 2.30. The van der Waals surface area contributed by atoms with Crippen LogP contribution >= 0.6 is 0 Å². The molecule has 0 aliphatic rings. The first kappa shape index (κ1) is 12.0. The number of anilines is 1. The largest absolute Gasteiger partial charge is 0.478 e. The number of aryl methyl sites for hydroxylation is 1. The molecule has 0 saturated carbocycles. The molecule has 0 aliphatic carbocycles. The lowest BCUT2D eigenvalue weighted by Crippen LogP contribution is -2.08. The van der Waals surface area contributed by atoms with Crippen LogP contribution in [0.2, 0.25) is 0 Å². The number of hydrogen-bond donors (Lipinski definition) is 2. The topological polar surface area (TPSA) is 80.0 Å². The quantitative estimate of drug-likeness (QED) is 0.854. The van der Waals surface area contributed by atoms with Crippen LogP contribution < -0.4 is 5.32 Å². The van der Waals surface area contributed by atoms with Crippen molar-refractivity contribution in [1.29, 1.82) is 0 Å². The molecule has 0 bridgehead atoms. The number of hydrogen-bond acceptors (Lipinski definition) is 4. The van der Waals surface area contributed by atoms with Crippen molar-refractivity contribution in [2.45, 2.75) is 6.54 Å². The van der Waals surface area contributed by atoms with Crippen molar-refractivity contribution in [3.63, 3.8) is 0 Å². The number of nitrogens with one attached hydrogen (secondary N) is 1. The number of aromatic carboxylic acids is 1. The van der Waals surface area contributed by atoms with Crippen molar-refractivity contribution in [2.24, 2.45) is 7.05 Å². The molecule has 0 spiro atoms. The number of carboxylic acids is 1. The van der Waals surface area contributed by atoms with E-state index in [4.69, 9.17) is 5.11 Å². The Morgan fingerprint density at radius 1 is 1.56 bits per heavy atom. The van der Waals surface area contributed by atoms with Gasteiger partial charge in [0.1, 0.15) is 17.2 Å². The standard InChI is InChI=1S/C11H11FN4O2/c1-16-6-7(4-15-16)3-13-10-9(11(17)18)2-8(12)5-14-10/h2,4-6H,3H2,1H3,(H,13,14)(H,17,18). The number of nitrogens with zero attached hydrogens (tertiary/aromatic N) is 3. The van der Waals surface area contributed by atoms with Gasteiger partial charge in [-0.25, -0.2) is 14.2 Å². The maximum Gasteiger partial charge on any atom is 0.339 e. The fraction of sp³-hybridized carbons (Fsp3) is 0.182. The summed E-state index contributed by atoms with van der Waals surface area (Å²) in [5.74, 6) is -1.78. The minimum atomic E-state index is -1.23. The third-order valence-electron chi connectivity index (χ3n) is 2.30. The Hall–Kier alpha value is -2.44. The Kier molecular flexibility index (Phi) is 3.22. The van der Waals surface area contributed by atoms with Gasteiger partial charge in [-0.3, -0.25) is 4.68 Å². The molecule has 2 rings (SSSR count). The summed E-state index contributed by atoms with van der Waals surface area (Å²) in [6.07, 6.45) is 4.41. The lowest BCUT2D eigenvalue weighted by molar-refractivity contribution is 0.0697. The van der Waals surface area contributed by atoms with E-state index in [0.717, 1.165) is 17.8 Å². The molecule has 18 heavy (non-hydrogen) atoms. The summed E-state index contributed by atoms with van der Waals surface area (Å²) in [6, 6.07) is 0.931. The van der Waals surface area contributed by atoms with Crippen LogP contribution in [0, 0.1) is 5.82 Å². The summed E-state index contributed by atoms with van der Waals surface area (Å²) >= 11 is 0. The fourth-order valence-corrected chi connectivity index (χ4v) is 1.49. The maximum absolute atomic E-state index is 12.9. The molecule has 0 fully saturated rings. The average Bonchev–Trinajstić information content (AvgIpc) is 2.73. The second-order valence-electron chi connectivity index (χ2n) is 3.73. The van der Waals surface area contributed by atoms with Crippen LogP contribution in [0.1, 0.15) is 15.9 Å². The van der Waals surface area contributed by atoms with Crippen LogP contribution in [0.5, 0.6) is 0 Å². The molecule has 0 amide bonds. The van der Waals surface area contributed by atoms with E-state index in [2.05, 4.69) is 15.4 Å². The molecule has 2 aromatic heterocycles. The van der Waals surface area contributed by atoms with E-state index in [0.29, 0.717) is 6.54 Å². The summed E-state index contributed by atoms with van der Waals surface area (Å²) < 4.78 is 14.5. The second kappa shape index (κ2) is 4.82. The highest BCUT2D eigenvalue weighted by Gasteiger charge is 2.12. The number of pyridine rings is 1. The SMILES string of the molecule is Cn1cc(CNc2ncc(F)cc2C(=O)O)cn1. The zero-order chi connectivity index (χ0) is 13.1. The molecule has 2 heterocycles. The lowest BCUT2D eigenvalue weighted by atomic mass is 10.2. The van der Waals surface area contributed by atoms with Crippen LogP contribution in [0.15, 0.2) is 24.7 Å². The van der Waals surface area contributed by atoms with Crippen LogP contribution in [0.25, 0.3) is 0 Å².